The minimum atomic E-state index is -1.34. The van der Waals surface area contributed by atoms with Gasteiger partial charge in [0.05, 0.1) is 13.2 Å². The largest absolute Gasteiger partial charge is 0.481 e. The van der Waals surface area contributed by atoms with Gasteiger partial charge in [-0.2, -0.15) is 4.98 Å². The summed E-state index contributed by atoms with van der Waals surface area (Å²) in [6, 6.07) is 4.17. The Labute approximate surface area is 203 Å². The maximum atomic E-state index is 12.4. The summed E-state index contributed by atoms with van der Waals surface area (Å²) < 4.78 is 4.84. The summed E-state index contributed by atoms with van der Waals surface area (Å²) in [7, 11) is 1.19. The van der Waals surface area contributed by atoms with E-state index in [4.69, 9.17) is 15.6 Å². The number of hydrogen-bond donors (Lipinski definition) is 7. The Morgan fingerprint density at radius 3 is 2.56 bits per heavy atom. The fraction of sp³-hybridized carbons (Fsp3) is 0.333. The number of methoxy groups -OCH3 is 1. The number of nitrogen functional groups attached to an aromatic ring is 1. The zero-order valence-corrected chi connectivity index (χ0v) is 19.1. The number of ether oxygens (including phenoxy) is 1. The van der Waals surface area contributed by atoms with Crippen molar-refractivity contribution < 1.29 is 34.1 Å². The fourth-order valence-electron chi connectivity index (χ4n) is 3.56. The average molecular weight is 503 g/mol. The predicted molar refractivity (Wildman–Crippen MR) is 127 cm³/mol. The Bertz CT molecular complexity index is 1210. The number of carbonyl (C=O) groups is 4. The van der Waals surface area contributed by atoms with Gasteiger partial charge in [-0.25, -0.2) is 9.59 Å². The number of fused-ring (bicyclic) bond motifs is 1. The van der Waals surface area contributed by atoms with Crippen molar-refractivity contribution in [3.8, 4) is 0 Å². The van der Waals surface area contributed by atoms with Crippen LogP contribution in [0.4, 0.5) is 27.9 Å². The molecule has 0 fully saturated rings. The zero-order chi connectivity index (χ0) is 26.4. The molecular weight excluding hydrogens is 478 g/mol. The maximum absolute atomic E-state index is 12.4. The van der Waals surface area contributed by atoms with Gasteiger partial charge in [-0.3, -0.25) is 24.3 Å². The smallest absolute Gasteiger partial charge is 0.414 e. The molecule has 15 nitrogen and oxygen atoms in total. The van der Waals surface area contributed by atoms with Gasteiger partial charge in [-0.1, -0.05) is 0 Å². The van der Waals surface area contributed by atoms with Gasteiger partial charge in [0, 0.05) is 30.8 Å². The Hall–Kier alpha value is -4.82. The van der Waals surface area contributed by atoms with Crippen molar-refractivity contribution in [2.45, 2.75) is 24.9 Å². The van der Waals surface area contributed by atoms with E-state index in [9.17, 15) is 29.1 Å². The van der Waals surface area contributed by atoms with Crippen LogP contribution in [0.5, 0.6) is 0 Å². The number of nitrogens with two attached hydrogens (primary N) is 1. The molecular formula is C21H25N7O8. The summed E-state index contributed by atoms with van der Waals surface area (Å²) in [6.07, 6.45) is -1.42. The first-order valence-corrected chi connectivity index (χ1v) is 10.7. The van der Waals surface area contributed by atoms with E-state index >= 15 is 0 Å². The van der Waals surface area contributed by atoms with Crippen LogP contribution in [0.2, 0.25) is 0 Å². The second-order valence-corrected chi connectivity index (χ2v) is 7.78. The van der Waals surface area contributed by atoms with Crippen LogP contribution in [0.25, 0.3) is 0 Å². The molecule has 3 rings (SSSR count). The number of benzene rings is 1. The molecule has 0 spiro atoms. The lowest BCUT2D eigenvalue weighted by atomic mass is 10.1. The molecule has 2 aromatic rings. The zero-order valence-electron chi connectivity index (χ0n) is 19.1. The molecule has 15 heteroatoms. The third-order valence-corrected chi connectivity index (χ3v) is 5.33. The number of aliphatic carboxylic acids is 2. The maximum Gasteiger partial charge on any atom is 0.414 e. The quantitative estimate of drug-likeness (QED) is 0.237. The molecule has 0 saturated carbocycles. The molecule has 0 saturated heterocycles. The van der Waals surface area contributed by atoms with E-state index in [1.54, 1.807) is 12.1 Å². The first-order chi connectivity index (χ1) is 17.1. The van der Waals surface area contributed by atoms with Crippen molar-refractivity contribution in [1.29, 1.82) is 0 Å². The highest BCUT2D eigenvalue weighted by Gasteiger charge is 2.35. The summed E-state index contributed by atoms with van der Waals surface area (Å²) in [5.41, 5.74) is 5.67. The number of carboxylic acids is 2. The minimum absolute atomic E-state index is 0.0306. The highest BCUT2D eigenvalue weighted by molar-refractivity contribution is 5.97. The number of nitrogens with zero attached hydrogens (tertiary/aromatic N) is 2. The van der Waals surface area contributed by atoms with Gasteiger partial charge in [0.25, 0.3) is 11.5 Å². The van der Waals surface area contributed by atoms with Crippen molar-refractivity contribution >= 4 is 47.1 Å². The SMILES string of the molecule is COC(=O)N1c2c(nc(N)[nH]c2=O)NCC1CNc1ccc(C(=O)NC(CCC(=O)O)C(=O)O)cc1. The Kier molecular flexibility index (Phi) is 7.93. The third kappa shape index (κ3) is 5.99. The number of carbonyl (C=O) groups excluding carboxylic acids is 2. The summed E-state index contributed by atoms with van der Waals surface area (Å²) in [6.45, 7) is 0.422. The molecule has 1 aromatic heterocycles. The molecule has 0 aliphatic carbocycles. The number of carboxylic acid groups (broad SMARTS) is 2. The van der Waals surface area contributed by atoms with Crippen LogP contribution in [-0.4, -0.2) is 76.4 Å². The molecule has 8 N–H and O–H groups in total. The number of aromatic amines is 1. The standard InChI is InChI=1S/C21H25N7O8/c1-36-21(35)28-12(9-24-16-15(28)18(32)27-20(22)26-16)8-23-11-4-2-10(3-5-11)17(31)25-13(19(33)34)6-7-14(29)30/h2-5,12-13,23H,6-9H2,1H3,(H,25,31)(H,29,30)(H,33,34)(H4,22,24,26,27,32). The summed E-state index contributed by atoms with van der Waals surface area (Å²) >= 11 is 0. The van der Waals surface area contributed by atoms with Crippen LogP contribution in [0.15, 0.2) is 29.1 Å². The first-order valence-electron chi connectivity index (χ1n) is 10.7. The summed E-state index contributed by atoms with van der Waals surface area (Å²) in [5, 5.41) is 26.3. The molecule has 1 aliphatic rings. The van der Waals surface area contributed by atoms with Crippen LogP contribution >= 0.6 is 0 Å². The predicted octanol–water partition coefficient (Wildman–Crippen LogP) is -0.121. The molecule has 1 aliphatic heterocycles. The molecule has 192 valence electrons. The van der Waals surface area contributed by atoms with E-state index in [1.807, 2.05) is 0 Å². The lowest BCUT2D eigenvalue weighted by Crippen LogP contribution is -2.53. The lowest BCUT2D eigenvalue weighted by molar-refractivity contribution is -0.140. The average Bonchev–Trinajstić information content (AvgIpc) is 2.84. The second kappa shape index (κ2) is 11.1. The van der Waals surface area contributed by atoms with E-state index in [0.29, 0.717) is 5.69 Å². The molecule has 1 aromatic carbocycles. The van der Waals surface area contributed by atoms with Gasteiger partial charge >= 0.3 is 18.0 Å². The molecule has 2 unspecified atom stereocenters. The summed E-state index contributed by atoms with van der Waals surface area (Å²) in [5.74, 6) is -3.13. The lowest BCUT2D eigenvalue weighted by Gasteiger charge is -2.35. The van der Waals surface area contributed by atoms with Crippen LogP contribution in [0.1, 0.15) is 23.2 Å². The number of amides is 2. The first kappa shape index (κ1) is 25.8. The van der Waals surface area contributed by atoms with E-state index < -0.39 is 48.0 Å². The fourth-order valence-corrected chi connectivity index (χ4v) is 3.56. The molecule has 36 heavy (non-hydrogen) atoms. The van der Waals surface area contributed by atoms with Gasteiger partial charge in [-0.15, -0.1) is 0 Å². The van der Waals surface area contributed by atoms with E-state index in [1.165, 1.54) is 24.1 Å². The normalized spacial score (nSPS) is 15.1. The summed E-state index contributed by atoms with van der Waals surface area (Å²) in [4.78, 5) is 66.8. The molecule has 2 heterocycles. The van der Waals surface area contributed by atoms with Crippen molar-refractivity contribution in [2.24, 2.45) is 0 Å². The number of hydrogen-bond acceptors (Lipinski definition) is 10. The van der Waals surface area contributed by atoms with E-state index in [-0.39, 0.29) is 42.5 Å². The molecule has 2 atom stereocenters. The van der Waals surface area contributed by atoms with Gasteiger partial charge in [0.2, 0.25) is 5.95 Å². The molecule has 0 radical (unpaired) electrons. The number of aromatic nitrogens is 2. The third-order valence-electron chi connectivity index (χ3n) is 5.33. The Balaban J connectivity index is 1.67. The van der Waals surface area contributed by atoms with Crippen LogP contribution in [0, 0.1) is 0 Å². The van der Waals surface area contributed by atoms with Crippen molar-refractivity contribution in [3.05, 3.63) is 40.2 Å². The number of H-pyrrole nitrogens is 1. The minimum Gasteiger partial charge on any atom is -0.481 e. The number of nitrogens with one attached hydrogen (secondary N) is 4. The highest BCUT2D eigenvalue weighted by atomic mass is 16.5. The number of rotatable bonds is 9. The molecule has 0 bridgehead atoms. The highest BCUT2D eigenvalue weighted by Crippen LogP contribution is 2.27. The van der Waals surface area contributed by atoms with Gasteiger partial charge in [0.15, 0.2) is 11.5 Å². The van der Waals surface area contributed by atoms with E-state index in [2.05, 4.69) is 25.9 Å². The Morgan fingerprint density at radius 1 is 1.25 bits per heavy atom. The van der Waals surface area contributed by atoms with Crippen molar-refractivity contribution in [1.82, 2.24) is 15.3 Å². The van der Waals surface area contributed by atoms with Crippen molar-refractivity contribution in [2.75, 3.05) is 41.5 Å². The topological polar surface area (TPSA) is 229 Å². The number of anilines is 4. The monoisotopic (exact) mass is 503 g/mol. The van der Waals surface area contributed by atoms with Crippen molar-refractivity contribution in [3.63, 3.8) is 0 Å². The Morgan fingerprint density at radius 2 is 1.94 bits per heavy atom. The van der Waals surface area contributed by atoms with Crippen LogP contribution < -0.4 is 32.1 Å². The second-order valence-electron chi connectivity index (χ2n) is 7.78. The van der Waals surface area contributed by atoms with Gasteiger partial charge < -0.3 is 36.6 Å². The van der Waals surface area contributed by atoms with Gasteiger partial charge in [-0.05, 0) is 30.7 Å². The van der Waals surface area contributed by atoms with Crippen LogP contribution in [0.3, 0.4) is 0 Å². The molecule has 2 amide bonds. The van der Waals surface area contributed by atoms with Gasteiger partial charge in [0.1, 0.15) is 6.04 Å². The van der Waals surface area contributed by atoms with E-state index in [0.717, 1.165) is 0 Å². The van der Waals surface area contributed by atoms with Crippen LogP contribution in [-0.2, 0) is 14.3 Å².